The molecule has 0 spiro atoms. The summed E-state index contributed by atoms with van der Waals surface area (Å²) in [6, 6.07) is 0. The highest BCUT2D eigenvalue weighted by Gasteiger charge is 2.17. The van der Waals surface area contributed by atoms with Crippen molar-refractivity contribution in [1.29, 1.82) is 0 Å². The Morgan fingerprint density at radius 1 is 1.50 bits per heavy atom. The molecular weight excluding hydrogens is 154 g/mol. The van der Waals surface area contributed by atoms with E-state index in [1.54, 1.807) is 0 Å². The summed E-state index contributed by atoms with van der Waals surface area (Å²) in [7, 11) is 0. The number of aliphatic hydroxyl groups excluding tert-OH is 1. The molecule has 0 unspecified atom stereocenters. The molecule has 3 N–H and O–H groups in total. The summed E-state index contributed by atoms with van der Waals surface area (Å²) in [5.74, 6) is 0.495. The Kier molecular flexibility index (Phi) is 1.77. The van der Waals surface area contributed by atoms with Crippen molar-refractivity contribution >= 4 is 5.82 Å². The van der Waals surface area contributed by atoms with Crippen molar-refractivity contribution in [1.82, 2.24) is 9.78 Å². The maximum atomic E-state index is 9.03. The minimum absolute atomic E-state index is 0.0150. The number of fused-ring (bicyclic) bond motifs is 1. The molecule has 0 aromatic carbocycles. The molecule has 1 aromatic rings. The molecule has 2 heterocycles. The van der Waals surface area contributed by atoms with Crippen LogP contribution in [0.5, 0.6) is 0 Å². The zero-order valence-corrected chi connectivity index (χ0v) is 6.95. The van der Waals surface area contributed by atoms with Gasteiger partial charge in [0.25, 0.3) is 0 Å². The Bertz CT molecular complexity index is 293. The normalized spacial score (nSPS) is 16.1. The van der Waals surface area contributed by atoms with E-state index in [1.165, 1.54) is 12.8 Å². The maximum absolute atomic E-state index is 9.03. The topological polar surface area (TPSA) is 64.1 Å². The molecule has 0 radical (unpaired) electrons. The Hall–Kier alpha value is -1.03. The Balaban J connectivity index is 2.46. The van der Waals surface area contributed by atoms with Crippen molar-refractivity contribution < 1.29 is 5.11 Å². The molecule has 66 valence electrons. The van der Waals surface area contributed by atoms with E-state index in [-0.39, 0.29) is 6.61 Å². The summed E-state index contributed by atoms with van der Waals surface area (Å²) in [5.41, 5.74) is 7.59. The first-order chi connectivity index (χ1) is 5.83. The number of nitrogen functional groups attached to an aromatic ring is 1. The highest BCUT2D eigenvalue weighted by Crippen LogP contribution is 2.22. The molecule has 0 saturated carbocycles. The number of nitrogens with zero attached hydrogens (tertiary/aromatic N) is 2. The lowest BCUT2D eigenvalue weighted by Crippen LogP contribution is -2.12. The lowest BCUT2D eigenvalue weighted by Gasteiger charge is -2.13. The monoisotopic (exact) mass is 167 g/mol. The van der Waals surface area contributed by atoms with Crippen LogP contribution in [0.3, 0.4) is 0 Å². The van der Waals surface area contributed by atoms with Crippen LogP contribution in [0.25, 0.3) is 0 Å². The number of hydrogen-bond donors (Lipinski definition) is 2. The molecule has 1 aliphatic rings. The summed E-state index contributed by atoms with van der Waals surface area (Å²) in [4.78, 5) is 0. The quantitative estimate of drug-likeness (QED) is 0.632. The van der Waals surface area contributed by atoms with Gasteiger partial charge in [0.2, 0.25) is 0 Å². The van der Waals surface area contributed by atoms with E-state index in [4.69, 9.17) is 10.8 Å². The van der Waals surface area contributed by atoms with Gasteiger partial charge in [0.05, 0.1) is 6.61 Å². The number of aliphatic hydroxyl groups is 1. The van der Waals surface area contributed by atoms with Crippen LogP contribution in [0, 0.1) is 0 Å². The average molecular weight is 167 g/mol. The Labute approximate surface area is 71.0 Å². The van der Waals surface area contributed by atoms with Gasteiger partial charge in [-0.15, -0.1) is 0 Å². The van der Waals surface area contributed by atoms with E-state index in [2.05, 4.69) is 5.10 Å². The Morgan fingerprint density at radius 2 is 2.33 bits per heavy atom. The number of hydrogen-bond acceptors (Lipinski definition) is 3. The molecule has 2 rings (SSSR count). The maximum Gasteiger partial charge on any atom is 0.151 e. The van der Waals surface area contributed by atoms with Gasteiger partial charge in [-0.3, -0.25) is 4.68 Å². The van der Waals surface area contributed by atoms with Crippen LogP contribution >= 0.6 is 0 Å². The van der Waals surface area contributed by atoms with E-state index in [9.17, 15) is 0 Å². The first kappa shape index (κ1) is 7.61. The van der Waals surface area contributed by atoms with Crippen molar-refractivity contribution in [3.63, 3.8) is 0 Å². The standard InChI is InChI=1S/C8H13N3O/c9-8-6(5-12)7-3-1-2-4-11(7)10-8/h12H,1-5H2,(H2,9,10). The van der Waals surface area contributed by atoms with Crippen LogP contribution in [0.15, 0.2) is 0 Å². The lowest BCUT2D eigenvalue weighted by molar-refractivity contribution is 0.280. The summed E-state index contributed by atoms with van der Waals surface area (Å²) in [6.45, 7) is 0.959. The van der Waals surface area contributed by atoms with E-state index in [0.29, 0.717) is 5.82 Å². The summed E-state index contributed by atoms with van der Waals surface area (Å²) >= 11 is 0. The van der Waals surface area contributed by atoms with E-state index >= 15 is 0 Å². The first-order valence-corrected chi connectivity index (χ1v) is 4.28. The highest BCUT2D eigenvalue weighted by atomic mass is 16.3. The fourth-order valence-electron chi connectivity index (χ4n) is 1.75. The number of anilines is 1. The number of rotatable bonds is 1. The van der Waals surface area contributed by atoms with Crippen LogP contribution in [0.1, 0.15) is 24.1 Å². The van der Waals surface area contributed by atoms with Crippen LogP contribution in [-0.2, 0) is 19.6 Å². The molecule has 0 atom stereocenters. The van der Waals surface area contributed by atoms with Crippen molar-refractivity contribution in [2.24, 2.45) is 0 Å². The predicted octanol–water partition coefficient (Wildman–Crippen LogP) is 0.294. The second-order valence-corrected chi connectivity index (χ2v) is 3.15. The summed E-state index contributed by atoms with van der Waals surface area (Å²) < 4.78 is 1.92. The second-order valence-electron chi connectivity index (χ2n) is 3.15. The minimum atomic E-state index is 0.0150. The molecule has 0 amide bonds. The third-order valence-electron chi connectivity index (χ3n) is 2.39. The molecular formula is C8H13N3O. The smallest absolute Gasteiger partial charge is 0.151 e. The SMILES string of the molecule is Nc1nn2c(c1CO)CCCC2. The van der Waals surface area contributed by atoms with E-state index in [1.807, 2.05) is 4.68 Å². The third kappa shape index (κ3) is 0.992. The number of aryl methyl sites for hydroxylation is 1. The highest BCUT2D eigenvalue weighted by molar-refractivity contribution is 5.42. The lowest BCUT2D eigenvalue weighted by atomic mass is 10.1. The van der Waals surface area contributed by atoms with Gasteiger partial charge >= 0.3 is 0 Å². The zero-order valence-electron chi connectivity index (χ0n) is 6.95. The summed E-state index contributed by atoms with van der Waals surface area (Å²) in [5, 5.41) is 13.2. The zero-order chi connectivity index (χ0) is 8.55. The third-order valence-corrected chi connectivity index (χ3v) is 2.39. The Morgan fingerprint density at radius 3 is 3.08 bits per heavy atom. The van der Waals surface area contributed by atoms with Gasteiger partial charge in [-0.05, 0) is 19.3 Å². The van der Waals surface area contributed by atoms with Gasteiger partial charge in [-0.2, -0.15) is 5.10 Å². The molecule has 12 heavy (non-hydrogen) atoms. The van der Waals surface area contributed by atoms with Crippen LogP contribution in [-0.4, -0.2) is 14.9 Å². The molecule has 4 heteroatoms. The number of nitrogens with two attached hydrogens (primary N) is 1. The minimum Gasteiger partial charge on any atom is -0.391 e. The molecule has 1 aliphatic heterocycles. The van der Waals surface area contributed by atoms with Gasteiger partial charge < -0.3 is 10.8 Å². The fraction of sp³-hybridized carbons (Fsp3) is 0.625. The molecule has 0 bridgehead atoms. The first-order valence-electron chi connectivity index (χ1n) is 4.28. The fourth-order valence-corrected chi connectivity index (χ4v) is 1.75. The van der Waals surface area contributed by atoms with Gasteiger partial charge in [0.15, 0.2) is 5.82 Å². The molecule has 1 aromatic heterocycles. The van der Waals surface area contributed by atoms with Gasteiger partial charge in [0, 0.05) is 17.8 Å². The van der Waals surface area contributed by atoms with Crippen molar-refractivity contribution in [3.8, 4) is 0 Å². The molecule has 0 fully saturated rings. The van der Waals surface area contributed by atoms with Crippen LogP contribution in [0.2, 0.25) is 0 Å². The van der Waals surface area contributed by atoms with Crippen LogP contribution < -0.4 is 5.73 Å². The van der Waals surface area contributed by atoms with Crippen molar-refractivity contribution in [2.45, 2.75) is 32.4 Å². The summed E-state index contributed by atoms with van der Waals surface area (Å²) in [6.07, 6.45) is 3.34. The van der Waals surface area contributed by atoms with Crippen LogP contribution in [0.4, 0.5) is 5.82 Å². The van der Waals surface area contributed by atoms with Crippen molar-refractivity contribution in [2.75, 3.05) is 5.73 Å². The largest absolute Gasteiger partial charge is 0.391 e. The average Bonchev–Trinajstić information content (AvgIpc) is 2.40. The second kappa shape index (κ2) is 2.79. The molecule has 0 saturated heterocycles. The van der Waals surface area contributed by atoms with Gasteiger partial charge in [0.1, 0.15) is 0 Å². The van der Waals surface area contributed by atoms with Gasteiger partial charge in [-0.25, -0.2) is 0 Å². The number of aromatic nitrogens is 2. The molecule has 4 nitrogen and oxygen atoms in total. The van der Waals surface area contributed by atoms with Gasteiger partial charge in [-0.1, -0.05) is 0 Å². The molecule has 0 aliphatic carbocycles. The van der Waals surface area contributed by atoms with Crippen molar-refractivity contribution in [3.05, 3.63) is 11.3 Å². The predicted molar refractivity (Wildman–Crippen MR) is 45.5 cm³/mol. The van der Waals surface area contributed by atoms with E-state index < -0.39 is 0 Å². The van der Waals surface area contributed by atoms with E-state index in [0.717, 1.165) is 24.2 Å².